The van der Waals surface area contributed by atoms with Gasteiger partial charge in [-0.3, -0.25) is 4.79 Å². The average molecular weight is 608 g/mol. The number of aromatic nitrogens is 1. The van der Waals surface area contributed by atoms with Gasteiger partial charge in [-0.2, -0.15) is 4.31 Å². The lowest BCUT2D eigenvalue weighted by molar-refractivity contribution is -0.141. The van der Waals surface area contributed by atoms with Crippen LogP contribution in [0, 0.1) is 13.8 Å². The number of nitrogens with zero attached hydrogens (tertiary/aromatic N) is 3. The zero-order valence-electron chi connectivity index (χ0n) is 22.3. The number of rotatable bonds is 7. The van der Waals surface area contributed by atoms with Crippen molar-refractivity contribution in [3.8, 4) is 5.75 Å². The van der Waals surface area contributed by atoms with Gasteiger partial charge in [0, 0.05) is 43.7 Å². The van der Waals surface area contributed by atoms with Gasteiger partial charge >= 0.3 is 0 Å². The number of amides is 1. The summed E-state index contributed by atoms with van der Waals surface area (Å²) in [6.45, 7) is 5.65. The van der Waals surface area contributed by atoms with E-state index in [0.717, 1.165) is 20.9 Å². The van der Waals surface area contributed by atoms with Crippen molar-refractivity contribution < 1.29 is 22.7 Å². The minimum Gasteiger partial charge on any atom is -0.475 e. The number of aryl methyl sites for hydroxylation is 2. The monoisotopic (exact) mass is 606 g/mol. The van der Waals surface area contributed by atoms with Gasteiger partial charge in [0.1, 0.15) is 21.7 Å². The quantitative estimate of drug-likeness (QED) is 0.324. The molecule has 1 N–H and O–H groups in total. The maximum absolute atomic E-state index is 14.2. The molecule has 2 fully saturated rings. The van der Waals surface area contributed by atoms with Gasteiger partial charge in [-0.15, -0.1) is 11.6 Å². The molecule has 3 unspecified atom stereocenters. The lowest BCUT2D eigenvalue weighted by Gasteiger charge is -2.47. The van der Waals surface area contributed by atoms with Crippen molar-refractivity contribution in [3.63, 3.8) is 0 Å². The number of sulfonamides is 1. The molecule has 12 heteroatoms. The molecule has 1 aromatic heterocycles. The maximum atomic E-state index is 14.2. The van der Waals surface area contributed by atoms with Crippen LogP contribution in [0.15, 0.2) is 59.5 Å². The largest absolute Gasteiger partial charge is 0.475 e. The van der Waals surface area contributed by atoms with Crippen molar-refractivity contribution >= 4 is 50.0 Å². The second-order valence-corrected chi connectivity index (χ2v) is 13.0. The predicted molar refractivity (Wildman–Crippen MR) is 154 cm³/mol. The molecule has 1 amide bonds. The molecule has 9 nitrogen and oxygen atoms in total. The highest BCUT2D eigenvalue weighted by Crippen LogP contribution is 2.41. The summed E-state index contributed by atoms with van der Waals surface area (Å²) in [5.74, 6) is 0.0231. The van der Waals surface area contributed by atoms with Crippen LogP contribution in [0.1, 0.15) is 17.7 Å². The Labute approximate surface area is 244 Å². The number of halogens is 2. The third-order valence-electron chi connectivity index (χ3n) is 7.36. The zero-order chi connectivity index (χ0) is 28.5. The van der Waals surface area contributed by atoms with E-state index in [9.17, 15) is 13.2 Å². The summed E-state index contributed by atoms with van der Waals surface area (Å²) >= 11 is 13.9. The van der Waals surface area contributed by atoms with Gasteiger partial charge in [0.25, 0.3) is 0 Å². The summed E-state index contributed by atoms with van der Waals surface area (Å²) in [7, 11) is -4.25. The van der Waals surface area contributed by atoms with Crippen LogP contribution in [0.5, 0.6) is 5.75 Å². The van der Waals surface area contributed by atoms with Crippen molar-refractivity contribution in [2.75, 3.05) is 39.5 Å². The van der Waals surface area contributed by atoms with Crippen LogP contribution >= 0.6 is 23.2 Å². The molecule has 0 bridgehead atoms. The van der Waals surface area contributed by atoms with Crippen LogP contribution in [-0.2, 0) is 19.6 Å². The number of ether oxygens (including phenoxy) is 2. The summed E-state index contributed by atoms with van der Waals surface area (Å²) in [6, 6.07) is 14.1. The Morgan fingerprint density at radius 3 is 2.62 bits per heavy atom. The van der Waals surface area contributed by atoms with Gasteiger partial charge in [-0.1, -0.05) is 41.9 Å². The second kappa shape index (κ2) is 11.8. The number of hydrogen-bond donors (Lipinski definition) is 1. The third kappa shape index (κ3) is 5.53. The van der Waals surface area contributed by atoms with Gasteiger partial charge in [0.15, 0.2) is 6.73 Å². The zero-order valence-corrected chi connectivity index (χ0v) is 24.7. The third-order valence-corrected chi connectivity index (χ3v) is 10.1. The molecule has 3 atom stereocenters. The Morgan fingerprint density at radius 1 is 1.18 bits per heavy atom. The van der Waals surface area contributed by atoms with E-state index < -0.39 is 33.2 Å². The smallest absolute Gasteiger partial charge is 0.246 e. The van der Waals surface area contributed by atoms with Crippen molar-refractivity contribution in [3.05, 3.63) is 65.9 Å². The predicted octanol–water partition coefficient (Wildman–Crippen LogP) is 3.64. The highest BCUT2D eigenvalue weighted by Gasteiger charge is 2.57. The molecule has 5 rings (SSSR count). The molecule has 2 aromatic carbocycles. The molecule has 40 heavy (non-hydrogen) atoms. The fourth-order valence-electron chi connectivity index (χ4n) is 5.32. The Hall–Kier alpha value is -2.47. The topological polar surface area (TPSA) is 101 Å². The Bertz CT molecular complexity index is 1490. The van der Waals surface area contributed by atoms with Gasteiger partial charge in [-0.05, 0) is 43.7 Å². The second-order valence-electron chi connectivity index (χ2n) is 10.0. The number of para-hydroxylation sites is 1. The van der Waals surface area contributed by atoms with Gasteiger partial charge in [0.2, 0.25) is 15.9 Å². The first-order valence-electron chi connectivity index (χ1n) is 13.1. The van der Waals surface area contributed by atoms with Crippen LogP contribution in [0.3, 0.4) is 0 Å². The maximum Gasteiger partial charge on any atom is 0.246 e. The van der Waals surface area contributed by atoms with E-state index in [4.69, 9.17) is 32.7 Å². The first-order chi connectivity index (χ1) is 19.1. The van der Waals surface area contributed by atoms with Crippen molar-refractivity contribution in [1.82, 2.24) is 19.5 Å². The summed E-state index contributed by atoms with van der Waals surface area (Å²) in [5.41, 5.74) is 1.23. The number of benzene rings is 2. The number of pyridine rings is 1. The molecule has 2 saturated heterocycles. The summed E-state index contributed by atoms with van der Waals surface area (Å²) in [6.07, 6.45) is 0.0836. The fraction of sp³-hybridized carbons (Fsp3) is 0.429. The number of carbonyl (C=O) groups is 1. The molecule has 0 aliphatic carbocycles. The number of nitrogens with one attached hydrogen (secondary N) is 1. The van der Waals surface area contributed by atoms with Crippen LogP contribution in [0.2, 0.25) is 0 Å². The normalized spacial score (nSPS) is 23.9. The number of hydrogen-bond acceptors (Lipinski definition) is 7. The summed E-state index contributed by atoms with van der Waals surface area (Å²) in [4.78, 5) is 18.5. The highest BCUT2D eigenvalue weighted by atomic mass is 35.5. The van der Waals surface area contributed by atoms with E-state index in [2.05, 4.69) is 10.3 Å². The van der Waals surface area contributed by atoms with E-state index in [1.165, 1.54) is 12.1 Å². The molecule has 214 valence electrons. The molecule has 0 radical (unpaired) electrons. The Kier molecular flexibility index (Phi) is 8.56. The van der Waals surface area contributed by atoms with Crippen LogP contribution in [0.25, 0.3) is 10.9 Å². The average Bonchev–Trinajstić information content (AvgIpc) is 2.95. The highest BCUT2D eigenvalue weighted by molar-refractivity contribution is 7.89. The van der Waals surface area contributed by atoms with Gasteiger partial charge < -0.3 is 19.7 Å². The van der Waals surface area contributed by atoms with Crippen molar-refractivity contribution in [2.24, 2.45) is 0 Å². The minimum atomic E-state index is -4.25. The SMILES string of the molecule is Cc1cc(C)c2cccc(OCN(C3C(Cl)OCCC3(Cl)C(=O)N3CCNCC3)S(=O)(=O)c3ccccc3)c2n1. The van der Waals surface area contributed by atoms with E-state index >= 15 is 0 Å². The van der Waals surface area contributed by atoms with E-state index in [-0.39, 0.29) is 23.8 Å². The molecule has 0 spiro atoms. The molecular formula is C28H32Cl2N4O5S. The first-order valence-corrected chi connectivity index (χ1v) is 15.4. The Balaban J connectivity index is 1.58. The standard InChI is InChI=1S/C28H32Cl2N4O5S/c1-19-17-20(2)32-24-22(19)9-6-10-23(24)39-18-34(40(36,37)21-7-4-3-5-8-21)25-26(29)38-16-11-28(25,30)27(35)33-14-12-31-13-15-33/h3-10,17,25-26,31H,11-16,18H2,1-2H3. The number of carbonyl (C=O) groups excluding carboxylic acids is 1. The lowest BCUT2D eigenvalue weighted by Crippen LogP contribution is -2.67. The van der Waals surface area contributed by atoms with Crippen LogP contribution in [0.4, 0.5) is 0 Å². The van der Waals surface area contributed by atoms with E-state index in [0.29, 0.717) is 37.4 Å². The molecule has 2 aliphatic rings. The number of piperazine rings is 1. The van der Waals surface area contributed by atoms with E-state index in [1.54, 1.807) is 29.2 Å². The van der Waals surface area contributed by atoms with Crippen LogP contribution in [-0.4, -0.2) is 84.5 Å². The van der Waals surface area contributed by atoms with Gasteiger partial charge in [-0.25, -0.2) is 13.4 Å². The number of fused-ring (bicyclic) bond motifs is 1. The number of alkyl halides is 2. The fourth-order valence-corrected chi connectivity index (χ4v) is 7.93. The Morgan fingerprint density at radius 2 is 1.90 bits per heavy atom. The molecular weight excluding hydrogens is 575 g/mol. The van der Waals surface area contributed by atoms with Gasteiger partial charge in [0.05, 0.1) is 17.5 Å². The van der Waals surface area contributed by atoms with Crippen LogP contribution < -0.4 is 10.1 Å². The molecule has 3 aromatic rings. The molecule has 2 aliphatic heterocycles. The molecule has 0 saturated carbocycles. The van der Waals surface area contributed by atoms with Crippen molar-refractivity contribution in [1.29, 1.82) is 0 Å². The molecule has 3 heterocycles. The first kappa shape index (κ1) is 29.0. The summed E-state index contributed by atoms with van der Waals surface area (Å²) in [5, 5.41) is 4.10. The lowest BCUT2D eigenvalue weighted by atomic mass is 9.91. The summed E-state index contributed by atoms with van der Waals surface area (Å²) < 4.78 is 41.3. The van der Waals surface area contributed by atoms with E-state index in [1.807, 2.05) is 32.0 Å². The van der Waals surface area contributed by atoms with Crippen molar-refractivity contribution in [2.45, 2.75) is 41.6 Å². The minimum absolute atomic E-state index is 0.0180.